The van der Waals surface area contributed by atoms with Crippen molar-refractivity contribution >= 4 is 39.2 Å². The lowest BCUT2D eigenvalue weighted by atomic mass is 9.87. The second kappa shape index (κ2) is 8.24. The Balaban J connectivity index is 1.95. The molecule has 0 aliphatic heterocycles. The van der Waals surface area contributed by atoms with E-state index in [-0.39, 0.29) is 20.7 Å². The van der Waals surface area contributed by atoms with Crippen molar-refractivity contribution in [2.75, 3.05) is 6.61 Å². The molecule has 2 aromatic rings. The highest BCUT2D eigenvalue weighted by Gasteiger charge is 2.30. The van der Waals surface area contributed by atoms with E-state index in [1.54, 1.807) is 0 Å². The van der Waals surface area contributed by atoms with Gasteiger partial charge in [-0.25, -0.2) is 22.3 Å². The summed E-state index contributed by atoms with van der Waals surface area (Å²) in [6.07, 6.45) is 1.49. The number of nitrogens with one attached hydrogen (secondary N) is 1. The summed E-state index contributed by atoms with van der Waals surface area (Å²) in [5.74, 6) is -2.09. The smallest absolute Gasteiger partial charge is 0.341 e. The minimum absolute atomic E-state index is 0.0255. The summed E-state index contributed by atoms with van der Waals surface area (Å²) < 4.78 is 47.5. The average Bonchev–Trinajstić information content (AvgIpc) is 2.62. The normalized spacial score (nSPS) is 16.5. The van der Waals surface area contributed by atoms with Gasteiger partial charge in [0.1, 0.15) is 4.90 Å². The van der Waals surface area contributed by atoms with Crippen molar-refractivity contribution in [2.24, 2.45) is 0 Å². The van der Waals surface area contributed by atoms with Crippen molar-refractivity contribution < 1.29 is 27.4 Å². The quantitative estimate of drug-likeness (QED) is 0.698. The fraction of sp³-hybridized carbons (Fsp3) is 0.278. The van der Waals surface area contributed by atoms with Crippen molar-refractivity contribution in [2.45, 2.75) is 30.2 Å². The molecule has 10 heteroatoms. The highest BCUT2D eigenvalue weighted by molar-refractivity contribution is 7.89. The number of carboxylic acids is 1. The van der Waals surface area contributed by atoms with E-state index >= 15 is 0 Å². The summed E-state index contributed by atoms with van der Waals surface area (Å²) in [6, 6.07) is 6.09. The first-order valence-corrected chi connectivity index (χ1v) is 10.6. The number of hydrogen-bond acceptors (Lipinski definition) is 4. The Labute approximate surface area is 171 Å². The SMILES string of the molecule is O=C(O)COc1c(F)ccc2c1CCCC2NS(=O)(=O)c1cc(Cl)ccc1Cl. The van der Waals surface area contributed by atoms with Crippen molar-refractivity contribution in [3.8, 4) is 5.75 Å². The summed E-state index contributed by atoms with van der Waals surface area (Å²) in [5, 5.41) is 9.03. The Hall–Kier alpha value is -1.87. The predicted octanol–water partition coefficient (Wildman–Crippen LogP) is 3.95. The first kappa shape index (κ1) is 20.9. The Morgan fingerprint density at radius 1 is 1.29 bits per heavy atom. The Morgan fingerprint density at radius 2 is 2.04 bits per heavy atom. The molecule has 0 saturated heterocycles. The minimum Gasteiger partial charge on any atom is -0.479 e. The number of sulfonamides is 1. The zero-order chi connectivity index (χ0) is 20.5. The van der Waals surface area contributed by atoms with Crippen LogP contribution in [0.4, 0.5) is 4.39 Å². The molecule has 6 nitrogen and oxygen atoms in total. The number of benzene rings is 2. The highest BCUT2D eigenvalue weighted by atomic mass is 35.5. The maximum absolute atomic E-state index is 14.2. The van der Waals surface area contributed by atoms with E-state index in [1.165, 1.54) is 24.3 Å². The van der Waals surface area contributed by atoms with E-state index in [1.807, 2.05) is 0 Å². The summed E-state index contributed by atoms with van der Waals surface area (Å²) >= 11 is 11.9. The topological polar surface area (TPSA) is 92.7 Å². The largest absolute Gasteiger partial charge is 0.479 e. The molecular weight excluding hydrogens is 432 g/mol. The summed E-state index contributed by atoms with van der Waals surface area (Å²) in [5.41, 5.74) is 0.993. The molecule has 2 N–H and O–H groups in total. The number of fused-ring (bicyclic) bond motifs is 1. The van der Waals surface area contributed by atoms with Gasteiger partial charge in [0, 0.05) is 16.6 Å². The second-order valence-electron chi connectivity index (χ2n) is 6.27. The summed E-state index contributed by atoms with van der Waals surface area (Å²) in [4.78, 5) is 10.6. The molecule has 0 amide bonds. The van der Waals surface area contributed by atoms with E-state index in [0.717, 1.165) is 6.07 Å². The van der Waals surface area contributed by atoms with Crippen molar-refractivity contribution in [1.29, 1.82) is 0 Å². The van der Waals surface area contributed by atoms with E-state index in [2.05, 4.69) is 4.72 Å². The molecule has 1 aliphatic rings. The lowest BCUT2D eigenvalue weighted by Gasteiger charge is -2.28. The standard InChI is InChI=1S/C18H16Cl2FNO5S/c19-10-4-6-13(20)16(8-10)28(25,26)22-15-3-1-2-12-11(15)5-7-14(21)18(12)27-9-17(23)24/h4-8,15,22H,1-3,9H2,(H,23,24). The molecule has 28 heavy (non-hydrogen) atoms. The van der Waals surface area contributed by atoms with Gasteiger partial charge in [0.25, 0.3) is 0 Å². The Morgan fingerprint density at radius 3 is 2.75 bits per heavy atom. The third-order valence-electron chi connectivity index (χ3n) is 4.36. The van der Waals surface area contributed by atoms with E-state index in [9.17, 15) is 17.6 Å². The van der Waals surface area contributed by atoms with E-state index in [0.29, 0.717) is 30.4 Å². The zero-order valence-electron chi connectivity index (χ0n) is 14.4. The van der Waals surface area contributed by atoms with Gasteiger partial charge in [-0.15, -0.1) is 0 Å². The molecule has 150 valence electrons. The number of carbonyl (C=O) groups is 1. The molecule has 0 spiro atoms. The molecule has 1 unspecified atom stereocenters. The maximum Gasteiger partial charge on any atom is 0.341 e. The molecule has 1 aliphatic carbocycles. The molecule has 2 aromatic carbocycles. The van der Waals surface area contributed by atoms with Crippen LogP contribution in [0.2, 0.25) is 10.0 Å². The first-order chi connectivity index (χ1) is 13.2. The highest BCUT2D eigenvalue weighted by Crippen LogP contribution is 2.38. The number of ether oxygens (including phenoxy) is 1. The van der Waals surface area contributed by atoms with Gasteiger partial charge in [0.2, 0.25) is 10.0 Å². The van der Waals surface area contributed by atoms with E-state index < -0.39 is 34.5 Å². The lowest BCUT2D eigenvalue weighted by Crippen LogP contribution is -2.31. The van der Waals surface area contributed by atoms with Crippen LogP contribution in [0.1, 0.15) is 30.0 Å². The van der Waals surface area contributed by atoms with Crippen LogP contribution in [0.3, 0.4) is 0 Å². The van der Waals surface area contributed by atoms with Crippen LogP contribution in [-0.4, -0.2) is 26.1 Å². The number of carboxylic acid groups (broad SMARTS) is 1. The number of hydrogen-bond donors (Lipinski definition) is 2. The fourth-order valence-corrected chi connectivity index (χ4v) is 5.20. The van der Waals surface area contributed by atoms with Crippen molar-refractivity contribution in [3.05, 3.63) is 57.3 Å². The fourth-order valence-electron chi connectivity index (χ4n) is 3.18. The van der Waals surface area contributed by atoms with Crippen molar-refractivity contribution in [1.82, 2.24) is 4.72 Å². The van der Waals surface area contributed by atoms with Crippen LogP contribution >= 0.6 is 23.2 Å². The molecule has 0 radical (unpaired) electrons. The van der Waals surface area contributed by atoms with Crippen LogP contribution in [0, 0.1) is 5.82 Å². The van der Waals surface area contributed by atoms with Crippen LogP contribution in [-0.2, 0) is 21.2 Å². The van der Waals surface area contributed by atoms with Gasteiger partial charge in [0.15, 0.2) is 18.2 Å². The summed E-state index contributed by atoms with van der Waals surface area (Å²) in [7, 11) is -4.00. The third kappa shape index (κ3) is 4.41. The molecule has 0 heterocycles. The van der Waals surface area contributed by atoms with Crippen molar-refractivity contribution in [3.63, 3.8) is 0 Å². The molecular formula is C18H16Cl2FNO5S. The van der Waals surface area contributed by atoms with Crippen LogP contribution in [0.5, 0.6) is 5.75 Å². The molecule has 1 atom stereocenters. The monoisotopic (exact) mass is 447 g/mol. The molecule has 0 fully saturated rings. The molecule has 0 bridgehead atoms. The van der Waals surface area contributed by atoms with Crippen LogP contribution < -0.4 is 9.46 Å². The van der Waals surface area contributed by atoms with Gasteiger partial charge in [0.05, 0.1) is 5.02 Å². The van der Waals surface area contributed by atoms with E-state index in [4.69, 9.17) is 33.0 Å². The zero-order valence-corrected chi connectivity index (χ0v) is 16.7. The van der Waals surface area contributed by atoms with Crippen LogP contribution in [0.15, 0.2) is 35.2 Å². The lowest BCUT2D eigenvalue weighted by molar-refractivity contribution is -0.139. The predicted molar refractivity (Wildman–Crippen MR) is 102 cm³/mol. The number of aliphatic carboxylic acids is 1. The Bertz CT molecular complexity index is 1030. The molecule has 3 rings (SSSR count). The average molecular weight is 448 g/mol. The number of halogens is 3. The molecule has 0 aromatic heterocycles. The second-order valence-corrected chi connectivity index (χ2v) is 8.79. The number of rotatable bonds is 6. The Kier molecular flexibility index (Phi) is 6.14. The maximum atomic E-state index is 14.2. The third-order valence-corrected chi connectivity index (χ3v) is 6.55. The van der Waals surface area contributed by atoms with Gasteiger partial charge in [-0.3, -0.25) is 0 Å². The van der Waals surface area contributed by atoms with Gasteiger partial charge in [-0.05, 0) is 49.1 Å². The molecule has 0 saturated carbocycles. The van der Waals surface area contributed by atoms with Gasteiger partial charge < -0.3 is 9.84 Å². The summed E-state index contributed by atoms with van der Waals surface area (Å²) in [6.45, 7) is -0.693. The minimum atomic E-state index is -4.00. The van der Waals surface area contributed by atoms with Gasteiger partial charge in [-0.1, -0.05) is 29.3 Å². The van der Waals surface area contributed by atoms with Gasteiger partial charge in [-0.2, -0.15) is 0 Å². The first-order valence-electron chi connectivity index (χ1n) is 8.32. The van der Waals surface area contributed by atoms with Crippen LogP contribution in [0.25, 0.3) is 0 Å². The van der Waals surface area contributed by atoms with Gasteiger partial charge >= 0.3 is 5.97 Å².